The van der Waals surface area contributed by atoms with Crippen LogP contribution in [0.25, 0.3) is 5.57 Å². The minimum atomic E-state index is -4.64. The number of rotatable bonds is 19. The Kier molecular flexibility index (Phi) is 14.9. The summed E-state index contributed by atoms with van der Waals surface area (Å²) in [6, 6.07) is 15.5. The summed E-state index contributed by atoms with van der Waals surface area (Å²) in [5.41, 5.74) is 1.29. The van der Waals surface area contributed by atoms with Crippen molar-refractivity contribution in [3.8, 4) is 5.75 Å². The van der Waals surface area contributed by atoms with Gasteiger partial charge in [0.15, 0.2) is 6.10 Å². The van der Waals surface area contributed by atoms with E-state index in [1.54, 1.807) is 0 Å². The van der Waals surface area contributed by atoms with E-state index in [2.05, 4.69) is 19.9 Å². The zero-order chi connectivity index (χ0) is 32.5. The molecule has 3 rings (SSSR count). The molecule has 45 heavy (non-hydrogen) atoms. The molecule has 2 atom stereocenters. The smallest absolute Gasteiger partial charge is 0.425 e. The number of benzene rings is 2. The van der Waals surface area contributed by atoms with Gasteiger partial charge in [-0.1, -0.05) is 133 Å². The van der Waals surface area contributed by atoms with Crippen molar-refractivity contribution in [2.24, 2.45) is 5.41 Å². The quantitative estimate of drug-likeness (QED) is 0.0884. The highest BCUT2D eigenvalue weighted by Crippen LogP contribution is 2.39. The fraction of sp³-hybridized carbons (Fsp3) is 0.526. The SMILES string of the molecule is CCCCCCCCC(OC(=O)c1ccc(OC(=O)C2(CCCCCCCC)C=CC(c3ccccc3)=CC2)cc1)C(F)(F)F. The Balaban J connectivity index is 1.63. The van der Waals surface area contributed by atoms with Gasteiger partial charge in [0.2, 0.25) is 0 Å². The fourth-order valence-electron chi connectivity index (χ4n) is 5.65. The Labute approximate surface area is 267 Å². The maximum atomic E-state index is 13.6. The van der Waals surface area contributed by atoms with E-state index in [1.807, 2.05) is 42.5 Å². The first-order valence-corrected chi connectivity index (χ1v) is 16.7. The van der Waals surface area contributed by atoms with Crippen molar-refractivity contribution in [3.05, 3.63) is 84.0 Å². The number of hydrogen-bond acceptors (Lipinski definition) is 4. The zero-order valence-electron chi connectivity index (χ0n) is 26.9. The number of esters is 2. The maximum absolute atomic E-state index is 13.6. The first-order chi connectivity index (χ1) is 21.7. The molecule has 0 spiro atoms. The molecule has 0 amide bonds. The van der Waals surface area contributed by atoms with Crippen molar-refractivity contribution in [1.29, 1.82) is 0 Å². The summed E-state index contributed by atoms with van der Waals surface area (Å²) in [5.74, 6) is -1.21. The Bertz CT molecular complexity index is 1230. The summed E-state index contributed by atoms with van der Waals surface area (Å²) in [5, 5.41) is 0. The second-order valence-electron chi connectivity index (χ2n) is 12.1. The molecule has 0 N–H and O–H groups in total. The Morgan fingerprint density at radius 2 is 1.40 bits per heavy atom. The highest BCUT2D eigenvalue weighted by molar-refractivity contribution is 5.90. The monoisotopic (exact) mass is 626 g/mol. The summed E-state index contributed by atoms with van der Waals surface area (Å²) >= 11 is 0. The number of halogens is 3. The Morgan fingerprint density at radius 1 is 0.800 bits per heavy atom. The van der Waals surface area contributed by atoms with E-state index in [1.165, 1.54) is 43.5 Å². The van der Waals surface area contributed by atoms with Crippen LogP contribution in [0.3, 0.4) is 0 Å². The molecule has 246 valence electrons. The van der Waals surface area contributed by atoms with Gasteiger partial charge in [-0.2, -0.15) is 13.2 Å². The maximum Gasteiger partial charge on any atom is 0.425 e. The molecule has 2 unspecified atom stereocenters. The van der Waals surface area contributed by atoms with Crippen LogP contribution in [0.5, 0.6) is 5.75 Å². The van der Waals surface area contributed by atoms with Crippen LogP contribution in [0.2, 0.25) is 0 Å². The molecule has 0 aromatic heterocycles. The second-order valence-corrected chi connectivity index (χ2v) is 12.1. The largest absolute Gasteiger partial charge is 0.449 e. The molecule has 4 nitrogen and oxygen atoms in total. The van der Waals surface area contributed by atoms with Gasteiger partial charge in [-0.3, -0.25) is 4.79 Å². The number of carbonyl (C=O) groups excluding carboxylic acids is 2. The molecule has 7 heteroatoms. The van der Waals surface area contributed by atoms with Crippen molar-refractivity contribution in [3.63, 3.8) is 0 Å². The van der Waals surface area contributed by atoms with Crippen LogP contribution < -0.4 is 4.74 Å². The third-order valence-electron chi connectivity index (χ3n) is 8.49. The lowest BCUT2D eigenvalue weighted by Gasteiger charge is -2.30. The van der Waals surface area contributed by atoms with E-state index >= 15 is 0 Å². The molecular weight excluding hydrogens is 577 g/mol. The van der Waals surface area contributed by atoms with E-state index in [4.69, 9.17) is 9.47 Å². The Hall–Kier alpha value is -3.35. The highest BCUT2D eigenvalue weighted by Gasteiger charge is 2.42. The molecular formula is C38H49F3O4. The minimum Gasteiger partial charge on any atom is -0.449 e. The van der Waals surface area contributed by atoms with Gasteiger partial charge in [0, 0.05) is 0 Å². The van der Waals surface area contributed by atoms with Gasteiger partial charge in [-0.25, -0.2) is 4.79 Å². The van der Waals surface area contributed by atoms with Crippen LogP contribution in [0, 0.1) is 5.41 Å². The molecule has 2 aromatic carbocycles. The lowest BCUT2D eigenvalue weighted by molar-refractivity contribution is -0.206. The number of carbonyl (C=O) groups is 2. The van der Waals surface area contributed by atoms with Crippen molar-refractivity contribution in [2.75, 3.05) is 0 Å². The summed E-state index contributed by atoms with van der Waals surface area (Å²) in [6.07, 6.45) is 11.7. The van der Waals surface area contributed by atoms with Crippen molar-refractivity contribution in [2.45, 2.75) is 122 Å². The van der Waals surface area contributed by atoms with Gasteiger partial charge in [-0.15, -0.1) is 0 Å². The van der Waals surface area contributed by atoms with Gasteiger partial charge in [-0.05, 0) is 61.1 Å². The summed E-state index contributed by atoms with van der Waals surface area (Å²) in [7, 11) is 0. The Morgan fingerprint density at radius 3 is 1.98 bits per heavy atom. The minimum absolute atomic E-state index is 0.0261. The van der Waals surface area contributed by atoms with Crippen LogP contribution >= 0.6 is 0 Å². The molecule has 1 aliphatic carbocycles. The van der Waals surface area contributed by atoms with E-state index in [9.17, 15) is 22.8 Å². The first-order valence-electron chi connectivity index (χ1n) is 16.7. The van der Waals surface area contributed by atoms with Crippen LogP contribution in [0.1, 0.15) is 126 Å². The summed E-state index contributed by atoms with van der Waals surface area (Å²) in [4.78, 5) is 26.3. The van der Waals surface area contributed by atoms with E-state index < -0.39 is 23.7 Å². The molecule has 0 heterocycles. The predicted molar refractivity (Wildman–Crippen MR) is 174 cm³/mol. The first kappa shape index (κ1) is 36.1. The lowest BCUT2D eigenvalue weighted by atomic mass is 9.75. The second kappa shape index (κ2) is 18.6. The van der Waals surface area contributed by atoms with Gasteiger partial charge in [0.1, 0.15) is 5.75 Å². The average Bonchev–Trinajstić information content (AvgIpc) is 3.04. The molecule has 0 aliphatic heterocycles. The van der Waals surface area contributed by atoms with E-state index in [0.29, 0.717) is 25.7 Å². The van der Waals surface area contributed by atoms with Crippen LogP contribution in [-0.2, 0) is 9.53 Å². The van der Waals surface area contributed by atoms with Crippen LogP contribution in [-0.4, -0.2) is 24.2 Å². The van der Waals surface area contributed by atoms with Crippen molar-refractivity contribution < 1.29 is 32.2 Å². The van der Waals surface area contributed by atoms with E-state index in [0.717, 1.165) is 56.1 Å². The van der Waals surface area contributed by atoms with Gasteiger partial charge >= 0.3 is 18.1 Å². The third kappa shape index (κ3) is 11.8. The fourth-order valence-corrected chi connectivity index (χ4v) is 5.65. The summed E-state index contributed by atoms with van der Waals surface area (Å²) in [6.45, 7) is 4.26. The molecule has 2 aromatic rings. The van der Waals surface area contributed by atoms with Crippen molar-refractivity contribution >= 4 is 17.5 Å². The average molecular weight is 627 g/mol. The number of ether oxygens (including phenoxy) is 2. The molecule has 0 saturated heterocycles. The topological polar surface area (TPSA) is 52.6 Å². The van der Waals surface area contributed by atoms with Crippen LogP contribution in [0.4, 0.5) is 13.2 Å². The number of unbranched alkanes of at least 4 members (excludes halogenated alkanes) is 10. The van der Waals surface area contributed by atoms with Gasteiger partial charge in [0.05, 0.1) is 11.0 Å². The number of allylic oxidation sites excluding steroid dienone is 3. The molecule has 0 bridgehead atoms. The van der Waals surface area contributed by atoms with Gasteiger partial charge < -0.3 is 9.47 Å². The number of hydrogen-bond donors (Lipinski definition) is 0. The van der Waals surface area contributed by atoms with Crippen LogP contribution in [0.15, 0.2) is 72.8 Å². The molecule has 0 radical (unpaired) electrons. The number of alkyl halides is 3. The molecule has 0 fully saturated rings. The molecule has 1 aliphatic rings. The lowest BCUT2D eigenvalue weighted by Crippen LogP contribution is -2.34. The summed E-state index contributed by atoms with van der Waals surface area (Å²) < 4.78 is 51.5. The predicted octanol–water partition coefficient (Wildman–Crippen LogP) is 11.2. The normalized spacial score (nSPS) is 17.0. The zero-order valence-corrected chi connectivity index (χ0v) is 26.9. The third-order valence-corrected chi connectivity index (χ3v) is 8.49. The standard InChI is InChI=1S/C38H49F3O4/c1-3-5-7-9-11-16-20-34(38(39,40)41)45-35(42)32-21-23-33(24-22-32)44-36(43)37(27-17-12-10-8-6-4-2)28-25-31(26-29-37)30-18-14-13-15-19-30/h13-15,18-19,21-26,28,34H,3-12,16-17,20,27,29H2,1-2H3. The highest BCUT2D eigenvalue weighted by atomic mass is 19.4. The van der Waals surface area contributed by atoms with Crippen molar-refractivity contribution in [1.82, 2.24) is 0 Å². The van der Waals surface area contributed by atoms with E-state index in [-0.39, 0.29) is 23.7 Å². The molecule has 0 saturated carbocycles. The van der Waals surface area contributed by atoms with Gasteiger partial charge in [0.25, 0.3) is 0 Å².